The van der Waals surface area contributed by atoms with Crippen molar-refractivity contribution in [2.75, 3.05) is 45.9 Å². The Kier molecular flexibility index (Phi) is 5.80. The number of hydrogen-bond donors (Lipinski definition) is 1. The van der Waals surface area contributed by atoms with Gasteiger partial charge < -0.3 is 10.0 Å². The third-order valence-electron chi connectivity index (χ3n) is 4.28. The van der Waals surface area contributed by atoms with E-state index in [9.17, 15) is 13.5 Å². The maximum atomic E-state index is 12.7. The second kappa shape index (κ2) is 7.17. The van der Waals surface area contributed by atoms with E-state index in [0.29, 0.717) is 19.6 Å². The van der Waals surface area contributed by atoms with E-state index >= 15 is 0 Å². The van der Waals surface area contributed by atoms with E-state index in [1.807, 2.05) is 0 Å². The summed E-state index contributed by atoms with van der Waals surface area (Å²) in [7, 11) is -3.40. The molecule has 2 heterocycles. The molecule has 0 aromatic heterocycles. The fraction of sp³-hybridized carbons (Fsp3) is 1.00. The normalized spacial score (nSPS) is 27.8. The molecule has 1 atom stereocenters. The third-order valence-corrected chi connectivity index (χ3v) is 6.37. The molecule has 2 saturated heterocycles. The molecule has 0 spiro atoms. The minimum absolute atomic E-state index is 0.0744. The average molecular weight is 305 g/mol. The van der Waals surface area contributed by atoms with Crippen molar-refractivity contribution in [2.45, 2.75) is 38.6 Å². The van der Waals surface area contributed by atoms with Crippen LogP contribution in [0.25, 0.3) is 0 Å². The Morgan fingerprint density at radius 2 is 1.80 bits per heavy atom. The zero-order chi connectivity index (χ0) is 14.6. The van der Waals surface area contributed by atoms with Gasteiger partial charge in [-0.05, 0) is 25.8 Å². The van der Waals surface area contributed by atoms with Crippen LogP contribution in [0.3, 0.4) is 0 Å². The standard InChI is InChI=1S/C13H27N3O3S/c1-2-6-14-8-10-15(11-9-14)20(18,19)16-7-4-3-5-13(16)12-17/h13,17H,2-12H2,1H3. The van der Waals surface area contributed by atoms with Gasteiger partial charge in [0.05, 0.1) is 6.61 Å². The molecule has 0 aliphatic carbocycles. The molecule has 2 rings (SSSR count). The van der Waals surface area contributed by atoms with E-state index in [2.05, 4.69) is 11.8 Å². The highest BCUT2D eigenvalue weighted by Gasteiger charge is 2.37. The number of hydrogen-bond acceptors (Lipinski definition) is 4. The molecule has 1 unspecified atom stereocenters. The first-order valence-corrected chi connectivity index (χ1v) is 9.09. The molecule has 20 heavy (non-hydrogen) atoms. The maximum Gasteiger partial charge on any atom is 0.282 e. The van der Waals surface area contributed by atoms with E-state index in [0.717, 1.165) is 45.3 Å². The smallest absolute Gasteiger partial charge is 0.282 e. The lowest BCUT2D eigenvalue weighted by molar-refractivity contribution is 0.136. The Hall–Kier alpha value is -0.210. The molecule has 2 fully saturated rings. The lowest BCUT2D eigenvalue weighted by Crippen LogP contribution is -2.56. The Bertz CT molecular complexity index is 394. The summed E-state index contributed by atoms with van der Waals surface area (Å²) in [6.45, 7) is 6.40. The molecule has 0 amide bonds. The second-order valence-corrected chi connectivity index (χ2v) is 7.57. The van der Waals surface area contributed by atoms with Gasteiger partial charge in [0.1, 0.15) is 0 Å². The molecule has 0 aromatic rings. The summed E-state index contributed by atoms with van der Waals surface area (Å²) in [4.78, 5) is 2.31. The van der Waals surface area contributed by atoms with Crippen molar-refractivity contribution in [3.05, 3.63) is 0 Å². The number of aliphatic hydroxyl groups is 1. The monoisotopic (exact) mass is 305 g/mol. The minimum atomic E-state index is -3.40. The largest absolute Gasteiger partial charge is 0.395 e. The van der Waals surface area contributed by atoms with Crippen molar-refractivity contribution in [3.63, 3.8) is 0 Å². The first-order valence-electron chi connectivity index (χ1n) is 7.69. The van der Waals surface area contributed by atoms with Gasteiger partial charge in [-0.2, -0.15) is 17.0 Å². The first kappa shape index (κ1) is 16.2. The van der Waals surface area contributed by atoms with Crippen LogP contribution in [-0.4, -0.2) is 79.0 Å². The van der Waals surface area contributed by atoms with Gasteiger partial charge in [0.25, 0.3) is 10.2 Å². The van der Waals surface area contributed by atoms with E-state index in [-0.39, 0.29) is 12.6 Å². The highest BCUT2D eigenvalue weighted by Crippen LogP contribution is 2.23. The lowest BCUT2D eigenvalue weighted by atomic mass is 10.1. The molecule has 118 valence electrons. The molecular weight excluding hydrogens is 278 g/mol. The summed E-state index contributed by atoms with van der Waals surface area (Å²) in [5.41, 5.74) is 0. The summed E-state index contributed by atoms with van der Waals surface area (Å²) in [6.07, 6.45) is 3.77. The van der Waals surface area contributed by atoms with Crippen molar-refractivity contribution in [2.24, 2.45) is 0 Å². The predicted octanol–water partition coefficient (Wildman–Crippen LogP) is 0.106. The molecular formula is C13H27N3O3S. The molecule has 0 radical (unpaired) electrons. The van der Waals surface area contributed by atoms with Gasteiger partial charge >= 0.3 is 0 Å². The number of nitrogens with zero attached hydrogens (tertiary/aromatic N) is 3. The minimum Gasteiger partial charge on any atom is -0.395 e. The first-order chi connectivity index (χ1) is 9.59. The molecule has 2 aliphatic rings. The molecule has 0 saturated carbocycles. The van der Waals surface area contributed by atoms with E-state index in [1.165, 1.54) is 4.31 Å². The summed E-state index contributed by atoms with van der Waals surface area (Å²) < 4.78 is 28.5. The summed E-state index contributed by atoms with van der Waals surface area (Å²) in [5.74, 6) is 0. The topological polar surface area (TPSA) is 64.1 Å². The zero-order valence-electron chi connectivity index (χ0n) is 12.4. The Morgan fingerprint density at radius 1 is 1.10 bits per heavy atom. The van der Waals surface area contributed by atoms with Crippen LogP contribution in [0.2, 0.25) is 0 Å². The van der Waals surface area contributed by atoms with Crippen LogP contribution < -0.4 is 0 Å². The van der Waals surface area contributed by atoms with Gasteiger partial charge in [0.2, 0.25) is 0 Å². The van der Waals surface area contributed by atoms with Gasteiger partial charge in [-0.3, -0.25) is 0 Å². The third kappa shape index (κ3) is 3.51. The SMILES string of the molecule is CCCN1CCN(S(=O)(=O)N2CCCCC2CO)CC1. The lowest BCUT2D eigenvalue weighted by Gasteiger charge is -2.40. The van der Waals surface area contributed by atoms with Crippen LogP contribution >= 0.6 is 0 Å². The number of piperazine rings is 1. The number of aliphatic hydroxyl groups excluding tert-OH is 1. The Balaban J connectivity index is 1.99. The van der Waals surface area contributed by atoms with Gasteiger partial charge in [-0.25, -0.2) is 0 Å². The van der Waals surface area contributed by atoms with Crippen molar-refractivity contribution in [3.8, 4) is 0 Å². The van der Waals surface area contributed by atoms with E-state index in [1.54, 1.807) is 4.31 Å². The predicted molar refractivity (Wildman–Crippen MR) is 78.7 cm³/mol. The van der Waals surface area contributed by atoms with Gasteiger partial charge in [0.15, 0.2) is 0 Å². The van der Waals surface area contributed by atoms with Gasteiger partial charge in [-0.1, -0.05) is 13.3 Å². The number of piperidine rings is 1. The van der Waals surface area contributed by atoms with Crippen LogP contribution in [-0.2, 0) is 10.2 Å². The van der Waals surface area contributed by atoms with Crippen molar-refractivity contribution in [1.29, 1.82) is 0 Å². The van der Waals surface area contributed by atoms with Crippen LogP contribution in [0.1, 0.15) is 32.6 Å². The molecule has 2 aliphatic heterocycles. The Morgan fingerprint density at radius 3 is 2.40 bits per heavy atom. The quantitative estimate of drug-likeness (QED) is 0.783. The van der Waals surface area contributed by atoms with Gasteiger partial charge in [0, 0.05) is 38.8 Å². The van der Waals surface area contributed by atoms with Crippen LogP contribution in [0.15, 0.2) is 0 Å². The molecule has 1 N–H and O–H groups in total. The average Bonchev–Trinajstić information content (AvgIpc) is 2.48. The summed E-state index contributed by atoms with van der Waals surface area (Å²) >= 11 is 0. The molecule has 6 nitrogen and oxygen atoms in total. The fourth-order valence-electron chi connectivity index (χ4n) is 3.11. The molecule has 0 aromatic carbocycles. The van der Waals surface area contributed by atoms with E-state index in [4.69, 9.17) is 0 Å². The van der Waals surface area contributed by atoms with Crippen molar-refractivity contribution >= 4 is 10.2 Å². The van der Waals surface area contributed by atoms with Crippen molar-refractivity contribution < 1.29 is 13.5 Å². The summed E-state index contributed by atoms with van der Waals surface area (Å²) in [5, 5.41) is 9.40. The zero-order valence-corrected chi connectivity index (χ0v) is 13.2. The molecule has 0 bridgehead atoms. The highest BCUT2D eigenvalue weighted by molar-refractivity contribution is 7.86. The maximum absolute atomic E-state index is 12.7. The molecule has 7 heteroatoms. The van der Waals surface area contributed by atoms with Crippen LogP contribution in [0.5, 0.6) is 0 Å². The van der Waals surface area contributed by atoms with Crippen LogP contribution in [0, 0.1) is 0 Å². The number of rotatable bonds is 5. The fourth-order valence-corrected chi connectivity index (χ4v) is 4.94. The summed E-state index contributed by atoms with van der Waals surface area (Å²) in [6, 6.07) is -0.234. The van der Waals surface area contributed by atoms with Gasteiger partial charge in [-0.15, -0.1) is 0 Å². The highest BCUT2D eigenvalue weighted by atomic mass is 32.2. The van der Waals surface area contributed by atoms with Crippen LogP contribution in [0.4, 0.5) is 0 Å². The second-order valence-electron chi connectivity index (χ2n) is 5.69. The van der Waals surface area contributed by atoms with Crippen molar-refractivity contribution in [1.82, 2.24) is 13.5 Å². The Labute approximate surface area is 122 Å². The van der Waals surface area contributed by atoms with E-state index < -0.39 is 10.2 Å².